The van der Waals surface area contributed by atoms with Gasteiger partial charge in [-0.15, -0.1) is 0 Å². The first-order chi connectivity index (χ1) is 10.8. The van der Waals surface area contributed by atoms with E-state index in [9.17, 15) is 0 Å². The minimum atomic E-state index is 1.07. The van der Waals surface area contributed by atoms with Crippen LogP contribution in [0.4, 0.5) is 0 Å². The summed E-state index contributed by atoms with van der Waals surface area (Å²) in [4.78, 5) is 0. The topological polar surface area (TPSA) is 4.93 Å². The third-order valence-electron chi connectivity index (χ3n) is 4.24. The third-order valence-corrected chi connectivity index (χ3v) is 4.73. The molecule has 1 aromatic heterocycles. The number of fused-ring (bicyclic) bond motifs is 3. The molecule has 3 aromatic carbocycles. The van der Waals surface area contributed by atoms with Crippen LogP contribution in [0, 0.1) is 0 Å². The molecule has 2 heteroatoms. The largest absolute Gasteiger partial charge is 0.309 e. The Balaban J connectivity index is 2.09. The summed E-state index contributed by atoms with van der Waals surface area (Å²) in [7, 11) is 0. The average molecular weight is 350 g/mol. The number of hydrogen-bond acceptors (Lipinski definition) is 0. The zero-order chi connectivity index (χ0) is 15.1. The number of para-hydroxylation sites is 1. The standard InChI is InChI=1S/C20H16BrN/c1-2-14-7-10-16(11-8-14)22-19-6-4-3-5-17(19)18-13-15(21)9-12-20(18)22/h3-13H,2H2,1H3. The fourth-order valence-corrected chi connectivity index (χ4v) is 3.47. The van der Waals surface area contributed by atoms with Crippen molar-refractivity contribution in [1.29, 1.82) is 0 Å². The number of hydrogen-bond donors (Lipinski definition) is 0. The maximum atomic E-state index is 3.59. The van der Waals surface area contributed by atoms with Gasteiger partial charge in [0.15, 0.2) is 0 Å². The molecule has 0 fully saturated rings. The smallest absolute Gasteiger partial charge is 0.0541 e. The second-order valence-corrected chi connectivity index (χ2v) is 6.45. The first kappa shape index (κ1) is 13.6. The summed E-state index contributed by atoms with van der Waals surface area (Å²) < 4.78 is 3.46. The maximum Gasteiger partial charge on any atom is 0.0541 e. The highest BCUT2D eigenvalue weighted by atomic mass is 79.9. The second-order valence-electron chi connectivity index (χ2n) is 5.53. The molecule has 0 amide bonds. The summed E-state index contributed by atoms with van der Waals surface area (Å²) in [5, 5.41) is 2.57. The Kier molecular flexibility index (Phi) is 3.27. The van der Waals surface area contributed by atoms with Gasteiger partial charge in [-0.2, -0.15) is 0 Å². The minimum Gasteiger partial charge on any atom is -0.309 e. The average Bonchev–Trinajstić information content (AvgIpc) is 2.89. The van der Waals surface area contributed by atoms with Crippen LogP contribution in [-0.4, -0.2) is 4.57 Å². The fourth-order valence-electron chi connectivity index (χ4n) is 3.10. The van der Waals surface area contributed by atoms with Crippen LogP contribution in [0.1, 0.15) is 12.5 Å². The number of benzene rings is 3. The molecular weight excluding hydrogens is 334 g/mol. The van der Waals surface area contributed by atoms with Gasteiger partial charge in [0.05, 0.1) is 11.0 Å². The van der Waals surface area contributed by atoms with Crippen LogP contribution >= 0.6 is 15.9 Å². The van der Waals surface area contributed by atoms with Crippen LogP contribution < -0.4 is 0 Å². The Bertz CT molecular complexity index is 964. The molecule has 0 radical (unpaired) electrons. The molecule has 0 unspecified atom stereocenters. The summed E-state index contributed by atoms with van der Waals surface area (Å²) in [6, 6.07) is 24.0. The molecule has 4 rings (SSSR count). The van der Waals surface area contributed by atoms with Crippen molar-refractivity contribution < 1.29 is 0 Å². The van der Waals surface area contributed by atoms with Crippen molar-refractivity contribution in [3.8, 4) is 5.69 Å². The highest BCUT2D eigenvalue weighted by Crippen LogP contribution is 2.33. The Labute approximate surface area is 138 Å². The van der Waals surface area contributed by atoms with Crippen LogP contribution in [0.25, 0.3) is 27.5 Å². The van der Waals surface area contributed by atoms with Gasteiger partial charge in [-0.25, -0.2) is 0 Å². The van der Waals surface area contributed by atoms with Crippen molar-refractivity contribution in [2.75, 3.05) is 0 Å². The lowest BCUT2D eigenvalue weighted by atomic mass is 10.1. The Morgan fingerprint density at radius 3 is 2.32 bits per heavy atom. The maximum absolute atomic E-state index is 3.59. The minimum absolute atomic E-state index is 1.07. The van der Waals surface area contributed by atoms with E-state index >= 15 is 0 Å². The van der Waals surface area contributed by atoms with Gasteiger partial charge < -0.3 is 4.57 Å². The van der Waals surface area contributed by atoms with Gasteiger partial charge >= 0.3 is 0 Å². The van der Waals surface area contributed by atoms with E-state index in [2.05, 4.69) is 94.2 Å². The molecule has 0 atom stereocenters. The van der Waals surface area contributed by atoms with E-state index in [4.69, 9.17) is 0 Å². The zero-order valence-electron chi connectivity index (χ0n) is 12.4. The van der Waals surface area contributed by atoms with E-state index in [-0.39, 0.29) is 0 Å². The molecule has 0 aliphatic heterocycles. The molecule has 0 N–H and O–H groups in total. The van der Waals surface area contributed by atoms with Crippen LogP contribution in [0.2, 0.25) is 0 Å². The van der Waals surface area contributed by atoms with Gasteiger partial charge in [-0.05, 0) is 48.4 Å². The molecule has 108 valence electrons. The number of halogens is 1. The molecule has 22 heavy (non-hydrogen) atoms. The van der Waals surface area contributed by atoms with E-state index in [0.717, 1.165) is 10.9 Å². The quantitative estimate of drug-likeness (QED) is 0.411. The summed E-state index contributed by atoms with van der Waals surface area (Å²) in [6.07, 6.45) is 1.07. The molecule has 0 aliphatic rings. The zero-order valence-corrected chi connectivity index (χ0v) is 14.0. The van der Waals surface area contributed by atoms with E-state index in [1.54, 1.807) is 0 Å². The molecule has 0 saturated carbocycles. The predicted octanol–water partition coefficient (Wildman–Crippen LogP) is 6.11. The molecule has 0 bridgehead atoms. The molecule has 1 heterocycles. The number of aromatic nitrogens is 1. The van der Waals surface area contributed by atoms with Gasteiger partial charge in [0.2, 0.25) is 0 Å². The lowest BCUT2D eigenvalue weighted by Gasteiger charge is -2.08. The van der Waals surface area contributed by atoms with Gasteiger partial charge in [-0.1, -0.05) is 53.2 Å². The summed E-state index contributed by atoms with van der Waals surface area (Å²) in [5.41, 5.74) is 5.08. The van der Waals surface area contributed by atoms with Gasteiger partial charge in [-0.3, -0.25) is 0 Å². The Morgan fingerprint density at radius 2 is 1.55 bits per heavy atom. The number of aryl methyl sites for hydroxylation is 1. The Morgan fingerprint density at radius 1 is 0.818 bits per heavy atom. The number of rotatable bonds is 2. The predicted molar refractivity (Wildman–Crippen MR) is 97.9 cm³/mol. The highest BCUT2D eigenvalue weighted by Gasteiger charge is 2.11. The normalized spacial score (nSPS) is 11.4. The third kappa shape index (κ3) is 2.06. The van der Waals surface area contributed by atoms with Gasteiger partial charge in [0.25, 0.3) is 0 Å². The molecular formula is C20H16BrN. The molecule has 0 aliphatic carbocycles. The van der Waals surface area contributed by atoms with Crippen LogP contribution in [0.15, 0.2) is 71.2 Å². The molecule has 4 aromatic rings. The summed E-state index contributed by atoms with van der Waals surface area (Å²) >= 11 is 3.59. The van der Waals surface area contributed by atoms with E-state index in [1.165, 1.54) is 33.1 Å². The molecule has 1 nitrogen and oxygen atoms in total. The first-order valence-corrected chi connectivity index (χ1v) is 8.35. The summed E-state index contributed by atoms with van der Waals surface area (Å²) in [6.45, 7) is 2.19. The van der Waals surface area contributed by atoms with Crippen molar-refractivity contribution in [2.45, 2.75) is 13.3 Å². The summed E-state index contributed by atoms with van der Waals surface area (Å²) in [5.74, 6) is 0. The van der Waals surface area contributed by atoms with E-state index < -0.39 is 0 Å². The van der Waals surface area contributed by atoms with Gasteiger partial charge in [0, 0.05) is 20.9 Å². The van der Waals surface area contributed by atoms with E-state index in [0.29, 0.717) is 0 Å². The van der Waals surface area contributed by atoms with Gasteiger partial charge in [0.1, 0.15) is 0 Å². The van der Waals surface area contributed by atoms with Crippen molar-refractivity contribution in [2.24, 2.45) is 0 Å². The lowest BCUT2D eigenvalue weighted by Crippen LogP contribution is -1.94. The fraction of sp³-hybridized carbons (Fsp3) is 0.100. The van der Waals surface area contributed by atoms with Crippen molar-refractivity contribution >= 4 is 37.7 Å². The van der Waals surface area contributed by atoms with Crippen LogP contribution in [0.3, 0.4) is 0 Å². The second kappa shape index (κ2) is 5.29. The van der Waals surface area contributed by atoms with Crippen molar-refractivity contribution in [3.63, 3.8) is 0 Å². The first-order valence-electron chi connectivity index (χ1n) is 7.56. The SMILES string of the molecule is CCc1ccc(-n2c3ccccc3c3cc(Br)ccc32)cc1. The monoisotopic (exact) mass is 349 g/mol. The molecule has 0 spiro atoms. The van der Waals surface area contributed by atoms with Crippen molar-refractivity contribution in [1.82, 2.24) is 4.57 Å². The lowest BCUT2D eigenvalue weighted by molar-refractivity contribution is 1.12. The molecule has 0 saturated heterocycles. The number of nitrogens with zero attached hydrogens (tertiary/aromatic N) is 1. The highest BCUT2D eigenvalue weighted by molar-refractivity contribution is 9.10. The van der Waals surface area contributed by atoms with Crippen LogP contribution in [0.5, 0.6) is 0 Å². The van der Waals surface area contributed by atoms with Crippen LogP contribution in [-0.2, 0) is 6.42 Å². The van der Waals surface area contributed by atoms with Crippen molar-refractivity contribution in [3.05, 3.63) is 76.8 Å². The Hall–Kier alpha value is -2.06. The van der Waals surface area contributed by atoms with E-state index in [1.807, 2.05) is 0 Å².